The van der Waals surface area contributed by atoms with Gasteiger partial charge in [-0.1, -0.05) is 12.1 Å². The maximum absolute atomic E-state index is 12.8. The van der Waals surface area contributed by atoms with Crippen LogP contribution in [-0.2, 0) is 31.0 Å². The molecule has 0 unspecified atom stereocenters. The van der Waals surface area contributed by atoms with Crippen molar-refractivity contribution >= 4 is 27.7 Å². The van der Waals surface area contributed by atoms with Gasteiger partial charge in [0.1, 0.15) is 5.54 Å². The predicted octanol–water partition coefficient (Wildman–Crippen LogP) is -1.07. The van der Waals surface area contributed by atoms with Gasteiger partial charge in [-0.3, -0.25) is 14.4 Å². The number of sulfonamides is 1. The smallest absolute Gasteiger partial charge is 0.247 e. The van der Waals surface area contributed by atoms with Crippen molar-refractivity contribution in [2.45, 2.75) is 19.0 Å². The third-order valence-electron chi connectivity index (χ3n) is 5.24. The molecule has 31 heavy (non-hydrogen) atoms. The number of hydrogen-bond acceptors (Lipinski definition) is 7. The number of methoxy groups -OCH3 is 2. The number of likely N-dealkylation sites (N-methyl/N-ethyl adjacent to an activating group) is 1. The largest absolute Gasteiger partial charge is 0.493 e. The molecule has 1 heterocycles. The van der Waals surface area contributed by atoms with Crippen LogP contribution in [0.2, 0.25) is 0 Å². The molecule has 1 aromatic carbocycles. The third-order valence-corrected chi connectivity index (χ3v) is 6.43. The molecule has 0 aromatic heterocycles. The van der Waals surface area contributed by atoms with Crippen LogP contribution in [0, 0.1) is 0 Å². The molecule has 0 spiro atoms. The van der Waals surface area contributed by atoms with Gasteiger partial charge in [-0.2, -0.15) is 4.31 Å². The van der Waals surface area contributed by atoms with Gasteiger partial charge in [0.05, 0.1) is 33.6 Å². The van der Waals surface area contributed by atoms with E-state index in [-0.39, 0.29) is 26.2 Å². The number of carbonyl (C=O) groups excluding carboxylic acids is 3. The van der Waals surface area contributed by atoms with E-state index in [1.165, 1.54) is 33.1 Å². The fourth-order valence-corrected chi connectivity index (χ4v) is 4.03. The van der Waals surface area contributed by atoms with Gasteiger partial charge < -0.3 is 25.0 Å². The summed E-state index contributed by atoms with van der Waals surface area (Å²) in [6, 6.07) is 5.26. The highest BCUT2D eigenvalue weighted by Crippen LogP contribution is 2.30. The number of carbonyl (C=O) groups is 3. The topological polar surface area (TPSA) is 134 Å². The minimum atomic E-state index is -3.67. The van der Waals surface area contributed by atoms with E-state index in [9.17, 15) is 22.8 Å². The van der Waals surface area contributed by atoms with Crippen LogP contribution in [0.4, 0.5) is 0 Å². The van der Waals surface area contributed by atoms with E-state index in [2.05, 4.69) is 10.6 Å². The highest BCUT2D eigenvalue weighted by Gasteiger charge is 2.47. The summed E-state index contributed by atoms with van der Waals surface area (Å²) >= 11 is 0. The molecule has 2 N–H and O–H groups in total. The molecule has 11 nitrogen and oxygen atoms in total. The van der Waals surface area contributed by atoms with Gasteiger partial charge in [0.25, 0.3) is 0 Å². The number of nitrogens with one attached hydrogen (secondary N) is 2. The minimum Gasteiger partial charge on any atom is -0.493 e. The van der Waals surface area contributed by atoms with Crippen molar-refractivity contribution in [3.05, 3.63) is 23.8 Å². The Balaban J connectivity index is 2.00. The third kappa shape index (κ3) is 5.44. The van der Waals surface area contributed by atoms with Crippen LogP contribution < -0.4 is 20.1 Å². The number of nitrogens with zero attached hydrogens (tertiary/aromatic N) is 2. The summed E-state index contributed by atoms with van der Waals surface area (Å²) in [6.45, 7) is 0.717. The second kappa shape index (κ2) is 9.52. The predicted molar refractivity (Wildman–Crippen MR) is 112 cm³/mol. The van der Waals surface area contributed by atoms with E-state index in [1.807, 2.05) is 0 Å². The van der Waals surface area contributed by atoms with Gasteiger partial charge in [0, 0.05) is 25.7 Å². The van der Waals surface area contributed by atoms with Crippen molar-refractivity contribution in [1.82, 2.24) is 19.8 Å². The highest BCUT2D eigenvalue weighted by atomic mass is 32.2. The van der Waals surface area contributed by atoms with Crippen molar-refractivity contribution in [3.63, 3.8) is 0 Å². The quantitative estimate of drug-likeness (QED) is 0.509. The lowest BCUT2D eigenvalue weighted by Gasteiger charge is -2.44. The van der Waals surface area contributed by atoms with Gasteiger partial charge >= 0.3 is 0 Å². The molecule has 172 valence electrons. The first-order valence-electron chi connectivity index (χ1n) is 9.40. The summed E-state index contributed by atoms with van der Waals surface area (Å²) in [5.41, 5.74) is -0.760. The lowest BCUT2D eigenvalue weighted by Crippen LogP contribution is -2.68. The Morgan fingerprint density at radius 1 is 1.19 bits per heavy atom. The zero-order valence-corrected chi connectivity index (χ0v) is 19.0. The fraction of sp³-hybridized carbons (Fsp3) is 0.526. The molecule has 1 atom stereocenters. The standard InChI is InChI=1S/C19H28N4O7S/c1-19(12-23(31(5,27)28)11-16(25)22(19)2)18(26)21-10-15(24)20-9-13-7-6-8-14(29-3)17(13)30-4/h6-8H,9-12H2,1-5H3,(H,20,24)(H,21,26)/t19-/m1/s1. The number of benzene rings is 1. The summed E-state index contributed by atoms with van der Waals surface area (Å²) in [5.74, 6) is -0.595. The molecule has 0 radical (unpaired) electrons. The number of hydrogen-bond donors (Lipinski definition) is 2. The Morgan fingerprint density at radius 3 is 2.45 bits per heavy atom. The molecule has 1 aromatic rings. The SMILES string of the molecule is COc1cccc(CNC(=O)CNC(=O)[C@@]2(C)CN(S(C)(=O)=O)CC(=O)N2C)c1OC. The molecule has 1 saturated heterocycles. The first kappa shape index (κ1) is 24.4. The average molecular weight is 457 g/mol. The van der Waals surface area contributed by atoms with Gasteiger partial charge in [0.15, 0.2) is 11.5 Å². The van der Waals surface area contributed by atoms with Crippen molar-refractivity contribution < 1.29 is 32.3 Å². The van der Waals surface area contributed by atoms with Crippen molar-refractivity contribution in [3.8, 4) is 11.5 Å². The zero-order valence-electron chi connectivity index (χ0n) is 18.2. The Hall–Kier alpha value is -2.86. The first-order valence-corrected chi connectivity index (χ1v) is 11.3. The van der Waals surface area contributed by atoms with Crippen LogP contribution in [0.5, 0.6) is 11.5 Å². The molecular weight excluding hydrogens is 428 g/mol. The number of ether oxygens (including phenoxy) is 2. The molecular formula is C19H28N4O7S. The van der Waals surface area contributed by atoms with E-state index in [0.717, 1.165) is 10.6 Å². The molecule has 0 saturated carbocycles. The summed E-state index contributed by atoms with van der Waals surface area (Å²) in [5, 5.41) is 5.15. The monoisotopic (exact) mass is 456 g/mol. The Bertz CT molecular complexity index is 966. The number of amides is 3. The first-order chi connectivity index (χ1) is 14.4. The van der Waals surface area contributed by atoms with Crippen LogP contribution in [0.25, 0.3) is 0 Å². The maximum atomic E-state index is 12.8. The van der Waals surface area contributed by atoms with Gasteiger partial charge in [-0.05, 0) is 13.0 Å². The molecule has 1 aliphatic rings. The van der Waals surface area contributed by atoms with E-state index >= 15 is 0 Å². The van der Waals surface area contributed by atoms with Gasteiger partial charge in [-0.15, -0.1) is 0 Å². The fourth-order valence-electron chi connectivity index (χ4n) is 3.20. The van der Waals surface area contributed by atoms with Crippen LogP contribution >= 0.6 is 0 Å². The second-order valence-electron chi connectivity index (χ2n) is 7.37. The molecule has 12 heteroatoms. The summed E-state index contributed by atoms with van der Waals surface area (Å²) in [7, 11) is 0.762. The highest BCUT2D eigenvalue weighted by molar-refractivity contribution is 7.88. The number of rotatable bonds is 8. The summed E-state index contributed by atoms with van der Waals surface area (Å²) in [4.78, 5) is 38.4. The summed E-state index contributed by atoms with van der Waals surface area (Å²) in [6.07, 6.45) is 0.976. The Kier molecular flexibility index (Phi) is 7.49. The van der Waals surface area contributed by atoms with Crippen LogP contribution in [-0.4, -0.2) is 88.0 Å². The Morgan fingerprint density at radius 2 is 1.87 bits per heavy atom. The normalized spacial score (nSPS) is 19.6. The lowest BCUT2D eigenvalue weighted by molar-refractivity contribution is -0.150. The molecule has 2 rings (SSSR count). The van der Waals surface area contributed by atoms with E-state index < -0.39 is 33.3 Å². The van der Waals surface area contributed by atoms with E-state index in [0.29, 0.717) is 17.1 Å². The molecule has 0 aliphatic carbocycles. The van der Waals surface area contributed by atoms with Crippen molar-refractivity contribution in [2.75, 3.05) is 47.2 Å². The van der Waals surface area contributed by atoms with E-state index in [4.69, 9.17) is 9.47 Å². The molecule has 3 amide bonds. The van der Waals surface area contributed by atoms with Gasteiger partial charge in [-0.25, -0.2) is 8.42 Å². The van der Waals surface area contributed by atoms with Crippen molar-refractivity contribution in [1.29, 1.82) is 0 Å². The van der Waals surface area contributed by atoms with Crippen molar-refractivity contribution in [2.24, 2.45) is 0 Å². The zero-order chi connectivity index (χ0) is 23.4. The van der Waals surface area contributed by atoms with Crippen LogP contribution in [0.3, 0.4) is 0 Å². The maximum Gasteiger partial charge on any atom is 0.247 e. The van der Waals surface area contributed by atoms with Crippen LogP contribution in [0.1, 0.15) is 12.5 Å². The molecule has 1 fully saturated rings. The minimum absolute atomic E-state index is 0.145. The van der Waals surface area contributed by atoms with Gasteiger partial charge in [0.2, 0.25) is 27.7 Å². The number of piperazine rings is 1. The lowest BCUT2D eigenvalue weighted by atomic mass is 9.96. The van der Waals surface area contributed by atoms with E-state index in [1.54, 1.807) is 18.2 Å². The number of para-hydroxylation sites is 1. The summed E-state index contributed by atoms with van der Waals surface area (Å²) < 4.78 is 35.2. The molecule has 0 bridgehead atoms. The second-order valence-corrected chi connectivity index (χ2v) is 9.35. The van der Waals surface area contributed by atoms with Crippen LogP contribution in [0.15, 0.2) is 18.2 Å². The molecule has 1 aliphatic heterocycles. The Labute approximate surface area is 181 Å². The average Bonchev–Trinajstić information content (AvgIpc) is 2.72.